The minimum Gasteiger partial charge on any atom is -0.490 e. The molecule has 0 unspecified atom stereocenters. The minimum atomic E-state index is -4.39. The van der Waals surface area contributed by atoms with Crippen LogP contribution in [0.2, 0.25) is 0 Å². The van der Waals surface area contributed by atoms with Crippen LogP contribution in [0.5, 0.6) is 5.75 Å². The SMILES string of the molecule is Cc1c([C@@H](C)Nc2nncc3ccc(OC4CCN(C)CC4)cc23)cccc1C(F)(F)F. The zero-order valence-electron chi connectivity index (χ0n) is 18.4. The first-order valence-corrected chi connectivity index (χ1v) is 10.8. The van der Waals surface area contributed by atoms with Gasteiger partial charge in [0.15, 0.2) is 5.82 Å². The number of alkyl halides is 3. The summed E-state index contributed by atoms with van der Waals surface area (Å²) in [5, 5.41) is 13.2. The first kappa shape index (κ1) is 22.3. The molecule has 1 N–H and O–H groups in total. The van der Waals surface area contributed by atoms with Crippen LogP contribution in [0.15, 0.2) is 42.6 Å². The number of nitrogens with one attached hydrogen (secondary N) is 1. The highest BCUT2D eigenvalue weighted by molar-refractivity contribution is 5.92. The van der Waals surface area contributed by atoms with Gasteiger partial charge in [-0.25, -0.2) is 0 Å². The predicted octanol–water partition coefficient (Wildman–Crippen LogP) is 5.60. The van der Waals surface area contributed by atoms with Gasteiger partial charge in [0.25, 0.3) is 0 Å². The number of anilines is 1. The Morgan fingerprint density at radius 1 is 1.16 bits per heavy atom. The molecule has 1 aromatic heterocycles. The normalized spacial score (nSPS) is 16.8. The number of hydrogen-bond donors (Lipinski definition) is 1. The van der Waals surface area contributed by atoms with Crippen molar-refractivity contribution in [3.63, 3.8) is 0 Å². The van der Waals surface area contributed by atoms with Gasteiger partial charge in [0.05, 0.1) is 17.8 Å². The third-order valence-corrected chi connectivity index (χ3v) is 6.10. The fourth-order valence-electron chi connectivity index (χ4n) is 4.24. The van der Waals surface area contributed by atoms with E-state index in [0.717, 1.165) is 48.5 Å². The van der Waals surface area contributed by atoms with Crippen molar-refractivity contribution >= 4 is 16.6 Å². The highest BCUT2D eigenvalue weighted by atomic mass is 19.4. The van der Waals surface area contributed by atoms with Gasteiger partial charge in [-0.3, -0.25) is 0 Å². The molecule has 0 spiro atoms. The summed E-state index contributed by atoms with van der Waals surface area (Å²) >= 11 is 0. The molecule has 1 fully saturated rings. The van der Waals surface area contributed by atoms with Crippen molar-refractivity contribution in [3.8, 4) is 5.75 Å². The predicted molar refractivity (Wildman–Crippen MR) is 119 cm³/mol. The molecule has 3 aromatic rings. The summed E-state index contributed by atoms with van der Waals surface area (Å²) in [7, 11) is 2.11. The van der Waals surface area contributed by atoms with Crippen LogP contribution >= 0.6 is 0 Å². The van der Waals surface area contributed by atoms with E-state index in [1.807, 2.05) is 25.1 Å². The van der Waals surface area contributed by atoms with E-state index < -0.39 is 17.8 Å². The Labute approximate surface area is 185 Å². The van der Waals surface area contributed by atoms with Crippen LogP contribution in [0.1, 0.15) is 42.5 Å². The lowest BCUT2D eigenvalue weighted by molar-refractivity contribution is -0.138. The maximum atomic E-state index is 13.3. The Bertz CT molecular complexity index is 1090. The number of piperidine rings is 1. The third kappa shape index (κ3) is 4.80. The third-order valence-electron chi connectivity index (χ3n) is 6.10. The Balaban J connectivity index is 1.59. The van der Waals surface area contributed by atoms with Gasteiger partial charge in [0.2, 0.25) is 0 Å². The number of rotatable bonds is 5. The van der Waals surface area contributed by atoms with Gasteiger partial charge in [-0.15, -0.1) is 5.10 Å². The number of aromatic nitrogens is 2. The van der Waals surface area contributed by atoms with Crippen LogP contribution in [0.25, 0.3) is 10.8 Å². The highest BCUT2D eigenvalue weighted by Crippen LogP contribution is 2.36. The average molecular weight is 445 g/mol. The van der Waals surface area contributed by atoms with Crippen molar-refractivity contribution in [2.24, 2.45) is 0 Å². The van der Waals surface area contributed by atoms with Crippen molar-refractivity contribution in [3.05, 3.63) is 59.3 Å². The van der Waals surface area contributed by atoms with Crippen molar-refractivity contribution in [2.45, 2.75) is 45.0 Å². The van der Waals surface area contributed by atoms with Crippen LogP contribution in [0.4, 0.5) is 19.0 Å². The second-order valence-electron chi connectivity index (χ2n) is 8.45. The second kappa shape index (κ2) is 8.94. The molecular weight excluding hydrogens is 417 g/mol. The molecule has 0 bridgehead atoms. The van der Waals surface area contributed by atoms with E-state index in [1.165, 1.54) is 13.0 Å². The molecule has 1 aliphatic heterocycles. The lowest BCUT2D eigenvalue weighted by atomic mass is 9.97. The van der Waals surface area contributed by atoms with Gasteiger partial charge in [0.1, 0.15) is 11.9 Å². The molecule has 1 aliphatic rings. The number of ether oxygens (including phenoxy) is 1. The van der Waals surface area contributed by atoms with Gasteiger partial charge in [-0.05, 0) is 69.1 Å². The molecule has 5 nitrogen and oxygen atoms in total. The van der Waals surface area contributed by atoms with Gasteiger partial charge >= 0.3 is 6.18 Å². The first-order valence-electron chi connectivity index (χ1n) is 10.8. The molecule has 1 atom stereocenters. The molecule has 0 aliphatic carbocycles. The van der Waals surface area contributed by atoms with E-state index in [2.05, 4.69) is 27.5 Å². The summed E-state index contributed by atoms with van der Waals surface area (Å²) in [6.07, 6.45) is -0.610. The van der Waals surface area contributed by atoms with Crippen molar-refractivity contribution < 1.29 is 17.9 Å². The molecule has 0 radical (unpaired) electrons. The zero-order valence-corrected chi connectivity index (χ0v) is 18.4. The molecule has 32 heavy (non-hydrogen) atoms. The molecule has 2 heterocycles. The lowest BCUT2D eigenvalue weighted by Crippen LogP contribution is -2.35. The number of fused-ring (bicyclic) bond motifs is 1. The number of benzene rings is 2. The van der Waals surface area contributed by atoms with Crippen molar-refractivity contribution in [1.29, 1.82) is 0 Å². The molecule has 170 valence electrons. The smallest absolute Gasteiger partial charge is 0.416 e. The van der Waals surface area contributed by atoms with Gasteiger partial charge in [-0.2, -0.15) is 18.3 Å². The van der Waals surface area contributed by atoms with E-state index in [9.17, 15) is 13.2 Å². The molecule has 0 saturated carbocycles. The van der Waals surface area contributed by atoms with E-state index in [1.54, 1.807) is 12.3 Å². The van der Waals surface area contributed by atoms with E-state index in [-0.39, 0.29) is 11.7 Å². The summed E-state index contributed by atoms with van der Waals surface area (Å²) in [5.41, 5.74) is 0.151. The van der Waals surface area contributed by atoms with Crippen molar-refractivity contribution in [1.82, 2.24) is 15.1 Å². The number of halogens is 3. The lowest BCUT2D eigenvalue weighted by Gasteiger charge is -2.29. The standard InChI is InChI=1S/C24H27F3N4O/c1-15-20(5-4-6-22(15)24(25,26)27)16(2)29-23-21-13-19(8-7-17(21)14-28-30-23)32-18-9-11-31(3)12-10-18/h4-8,13-14,16,18H,9-12H2,1-3H3,(H,29,30)/t16-/m1/s1. The molecule has 0 amide bonds. The van der Waals surface area contributed by atoms with Crippen molar-refractivity contribution in [2.75, 3.05) is 25.5 Å². The van der Waals surface area contributed by atoms with E-state index >= 15 is 0 Å². The largest absolute Gasteiger partial charge is 0.490 e. The van der Waals surface area contributed by atoms with Crippen LogP contribution in [0.3, 0.4) is 0 Å². The Morgan fingerprint density at radius 3 is 2.62 bits per heavy atom. The fraction of sp³-hybridized carbons (Fsp3) is 0.417. The summed E-state index contributed by atoms with van der Waals surface area (Å²) in [5.74, 6) is 1.27. The Kier molecular flexibility index (Phi) is 6.24. The molecule has 4 rings (SSSR count). The van der Waals surface area contributed by atoms with Gasteiger partial charge < -0.3 is 15.0 Å². The van der Waals surface area contributed by atoms with Gasteiger partial charge in [0, 0.05) is 23.9 Å². The average Bonchev–Trinajstić information content (AvgIpc) is 2.75. The number of hydrogen-bond acceptors (Lipinski definition) is 5. The van der Waals surface area contributed by atoms with E-state index in [0.29, 0.717) is 11.4 Å². The monoisotopic (exact) mass is 444 g/mol. The Hall–Kier alpha value is -2.87. The van der Waals surface area contributed by atoms with Gasteiger partial charge in [-0.1, -0.05) is 12.1 Å². The number of nitrogens with zero attached hydrogens (tertiary/aromatic N) is 3. The molecular formula is C24H27F3N4O. The van der Waals surface area contributed by atoms with Crippen LogP contribution in [0, 0.1) is 6.92 Å². The molecule has 8 heteroatoms. The summed E-state index contributed by atoms with van der Waals surface area (Å²) in [6.45, 7) is 5.33. The zero-order chi connectivity index (χ0) is 22.9. The van der Waals surface area contributed by atoms with Crippen LogP contribution in [-0.4, -0.2) is 41.3 Å². The Morgan fingerprint density at radius 2 is 1.91 bits per heavy atom. The topological polar surface area (TPSA) is 50.3 Å². The summed E-state index contributed by atoms with van der Waals surface area (Å²) in [4.78, 5) is 2.29. The van der Waals surface area contributed by atoms with Crippen LogP contribution in [-0.2, 0) is 6.18 Å². The maximum Gasteiger partial charge on any atom is 0.416 e. The van der Waals surface area contributed by atoms with E-state index in [4.69, 9.17) is 4.74 Å². The molecule has 1 saturated heterocycles. The fourth-order valence-corrected chi connectivity index (χ4v) is 4.24. The quantitative estimate of drug-likeness (QED) is 0.555. The maximum absolute atomic E-state index is 13.3. The van der Waals surface area contributed by atoms with Crippen LogP contribution < -0.4 is 10.1 Å². The first-order chi connectivity index (χ1) is 15.2. The number of likely N-dealkylation sites (tertiary alicyclic amines) is 1. The molecule has 2 aromatic carbocycles. The minimum absolute atomic E-state index is 0.168. The summed E-state index contributed by atoms with van der Waals surface area (Å²) < 4.78 is 46.2. The summed E-state index contributed by atoms with van der Waals surface area (Å²) in [6, 6.07) is 9.63. The highest BCUT2D eigenvalue weighted by Gasteiger charge is 2.33. The second-order valence-corrected chi connectivity index (χ2v) is 8.45.